The van der Waals surface area contributed by atoms with Crippen LogP contribution < -0.4 is 5.32 Å². The molecule has 0 aliphatic carbocycles. The maximum absolute atomic E-state index is 11.9. The summed E-state index contributed by atoms with van der Waals surface area (Å²) in [5, 5.41) is 7.29. The van der Waals surface area contributed by atoms with E-state index in [0.29, 0.717) is 32.4 Å². The van der Waals surface area contributed by atoms with E-state index in [1.54, 1.807) is 10.9 Å². The molecule has 0 aromatic carbocycles. The Hall–Kier alpha value is -1.41. The highest BCUT2D eigenvalue weighted by Gasteiger charge is 2.49. The summed E-state index contributed by atoms with van der Waals surface area (Å²) in [5.74, 6) is 0.108. The number of hydrogen-bond acceptors (Lipinski definition) is 4. The number of carbonyl (C=O) groups excluding carboxylic acids is 1. The summed E-state index contributed by atoms with van der Waals surface area (Å²) in [7, 11) is -1.31. The van der Waals surface area contributed by atoms with Gasteiger partial charge < -0.3 is 5.32 Å². The van der Waals surface area contributed by atoms with Gasteiger partial charge in [0.1, 0.15) is 0 Å². The van der Waals surface area contributed by atoms with Gasteiger partial charge in [0.2, 0.25) is 15.9 Å². The first-order valence-corrected chi connectivity index (χ1v) is 8.90. The number of rotatable bonds is 2. The van der Waals surface area contributed by atoms with Crippen LogP contribution in [0.15, 0.2) is 12.4 Å². The van der Waals surface area contributed by atoms with Crippen molar-refractivity contribution in [1.29, 1.82) is 0 Å². The van der Waals surface area contributed by atoms with Gasteiger partial charge in [-0.15, -0.1) is 0 Å². The molecule has 21 heavy (non-hydrogen) atoms. The number of amides is 1. The van der Waals surface area contributed by atoms with E-state index >= 15 is 0 Å². The average Bonchev–Trinajstić information content (AvgIpc) is 2.93. The third-order valence-electron chi connectivity index (χ3n) is 4.66. The van der Waals surface area contributed by atoms with E-state index in [2.05, 4.69) is 10.4 Å². The van der Waals surface area contributed by atoms with Crippen molar-refractivity contribution in [3.63, 3.8) is 0 Å². The molecule has 0 bridgehead atoms. The molecule has 1 spiro atoms. The van der Waals surface area contributed by atoms with Crippen LogP contribution in [0.25, 0.3) is 0 Å². The largest absolute Gasteiger partial charge is 0.350 e. The van der Waals surface area contributed by atoms with Gasteiger partial charge in [-0.25, -0.2) is 12.7 Å². The molecule has 0 saturated carbocycles. The lowest BCUT2D eigenvalue weighted by atomic mass is 9.75. The average molecular weight is 312 g/mol. The molecule has 0 radical (unpaired) electrons. The van der Waals surface area contributed by atoms with Gasteiger partial charge in [-0.2, -0.15) is 5.10 Å². The van der Waals surface area contributed by atoms with Crippen LogP contribution in [-0.4, -0.2) is 53.3 Å². The van der Waals surface area contributed by atoms with Crippen LogP contribution in [0.2, 0.25) is 0 Å². The van der Waals surface area contributed by atoms with Crippen LogP contribution in [-0.2, 0) is 21.9 Å². The minimum absolute atomic E-state index is 0.0386. The molecule has 1 amide bonds. The first kappa shape index (κ1) is 14.5. The first-order valence-electron chi connectivity index (χ1n) is 7.05. The Balaban J connectivity index is 1.85. The number of carbonyl (C=O) groups is 1. The van der Waals surface area contributed by atoms with Crippen molar-refractivity contribution >= 4 is 15.9 Å². The zero-order valence-corrected chi connectivity index (χ0v) is 13.1. The van der Waals surface area contributed by atoms with Gasteiger partial charge >= 0.3 is 0 Å². The fourth-order valence-electron chi connectivity index (χ4n) is 3.54. The highest BCUT2D eigenvalue weighted by Crippen LogP contribution is 2.43. The Bertz CT molecular complexity index is 659. The Labute approximate surface area is 124 Å². The maximum Gasteiger partial charge on any atom is 0.221 e. The molecular weight excluding hydrogens is 292 g/mol. The third kappa shape index (κ3) is 2.57. The number of nitrogens with zero attached hydrogens (tertiary/aromatic N) is 3. The molecule has 8 heteroatoms. The van der Waals surface area contributed by atoms with Gasteiger partial charge in [0.25, 0.3) is 0 Å². The lowest BCUT2D eigenvalue weighted by molar-refractivity contribution is -0.120. The number of aryl methyl sites for hydroxylation is 1. The van der Waals surface area contributed by atoms with Crippen LogP contribution in [0.1, 0.15) is 30.7 Å². The molecule has 7 nitrogen and oxygen atoms in total. The second-order valence-corrected chi connectivity index (χ2v) is 8.05. The van der Waals surface area contributed by atoms with Gasteiger partial charge in [0, 0.05) is 44.2 Å². The molecule has 3 heterocycles. The van der Waals surface area contributed by atoms with Gasteiger partial charge in [-0.3, -0.25) is 9.48 Å². The van der Waals surface area contributed by atoms with E-state index in [9.17, 15) is 13.2 Å². The highest BCUT2D eigenvalue weighted by molar-refractivity contribution is 7.88. The Morgan fingerprint density at radius 2 is 2.05 bits per heavy atom. The summed E-state index contributed by atoms with van der Waals surface area (Å²) in [6.07, 6.45) is 6.71. The summed E-state index contributed by atoms with van der Waals surface area (Å²) >= 11 is 0. The molecule has 2 saturated heterocycles. The molecule has 1 N–H and O–H groups in total. The molecule has 3 rings (SSSR count). The van der Waals surface area contributed by atoms with Crippen molar-refractivity contribution in [2.45, 2.75) is 30.7 Å². The van der Waals surface area contributed by atoms with Gasteiger partial charge in [-0.1, -0.05) is 0 Å². The molecule has 116 valence electrons. The van der Waals surface area contributed by atoms with Crippen molar-refractivity contribution < 1.29 is 13.2 Å². The number of sulfonamides is 1. The minimum Gasteiger partial charge on any atom is -0.350 e. The molecule has 2 aliphatic rings. The fraction of sp³-hybridized carbons (Fsp3) is 0.692. The van der Waals surface area contributed by atoms with Crippen LogP contribution >= 0.6 is 0 Å². The van der Waals surface area contributed by atoms with E-state index in [1.807, 2.05) is 13.2 Å². The minimum atomic E-state index is -3.16. The fourth-order valence-corrected chi connectivity index (χ4v) is 4.39. The molecule has 1 aromatic heterocycles. The molecule has 2 aliphatic heterocycles. The summed E-state index contributed by atoms with van der Waals surface area (Å²) in [6, 6.07) is 0. The van der Waals surface area contributed by atoms with E-state index in [-0.39, 0.29) is 17.4 Å². The quantitative estimate of drug-likeness (QED) is 0.821. The predicted molar refractivity (Wildman–Crippen MR) is 77.1 cm³/mol. The van der Waals surface area contributed by atoms with Gasteiger partial charge in [0.15, 0.2) is 0 Å². The van der Waals surface area contributed by atoms with Crippen molar-refractivity contribution in [1.82, 2.24) is 19.4 Å². The summed E-state index contributed by atoms with van der Waals surface area (Å²) in [4.78, 5) is 11.9. The summed E-state index contributed by atoms with van der Waals surface area (Å²) in [6.45, 7) is 0.908. The van der Waals surface area contributed by atoms with E-state index in [0.717, 1.165) is 5.56 Å². The zero-order valence-electron chi connectivity index (χ0n) is 12.2. The predicted octanol–water partition coefficient (Wildman–Crippen LogP) is -0.182. The molecular formula is C13H20N4O3S. The van der Waals surface area contributed by atoms with Crippen molar-refractivity contribution in [2.24, 2.45) is 7.05 Å². The summed E-state index contributed by atoms with van der Waals surface area (Å²) in [5.41, 5.74) is 0.713. The molecule has 1 aromatic rings. The number of piperidine rings is 1. The molecule has 2 fully saturated rings. The third-order valence-corrected chi connectivity index (χ3v) is 5.96. The molecule has 1 unspecified atom stereocenters. The number of aromatic nitrogens is 2. The second kappa shape index (κ2) is 4.81. The Kier molecular flexibility index (Phi) is 3.32. The van der Waals surface area contributed by atoms with Crippen molar-refractivity contribution in [3.05, 3.63) is 18.0 Å². The first-order chi connectivity index (χ1) is 9.80. The van der Waals surface area contributed by atoms with Crippen LogP contribution in [0, 0.1) is 0 Å². The number of hydrogen-bond donors (Lipinski definition) is 1. The van der Waals surface area contributed by atoms with Crippen molar-refractivity contribution in [3.8, 4) is 0 Å². The number of nitrogens with one attached hydrogen (secondary N) is 1. The smallest absolute Gasteiger partial charge is 0.221 e. The SMILES string of the molecule is Cn1cc(C2CC(=O)NC23CCN(S(C)(=O)=O)CC3)cn1. The van der Waals surface area contributed by atoms with E-state index < -0.39 is 10.0 Å². The van der Waals surface area contributed by atoms with Gasteiger partial charge in [-0.05, 0) is 18.4 Å². The van der Waals surface area contributed by atoms with Crippen LogP contribution in [0.3, 0.4) is 0 Å². The van der Waals surface area contributed by atoms with Gasteiger partial charge in [0.05, 0.1) is 12.5 Å². The normalized spacial score (nSPS) is 26.2. The summed E-state index contributed by atoms with van der Waals surface area (Å²) < 4.78 is 26.5. The standard InChI is InChI=1S/C13H20N4O3S/c1-16-9-10(8-14-16)11-7-12(18)15-13(11)3-5-17(6-4-13)21(2,19)20/h8-9,11H,3-7H2,1-2H3,(H,15,18). The topological polar surface area (TPSA) is 84.3 Å². The Morgan fingerprint density at radius 1 is 1.38 bits per heavy atom. The zero-order chi connectivity index (χ0) is 15.3. The van der Waals surface area contributed by atoms with Crippen LogP contribution in [0.5, 0.6) is 0 Å². The lowest BCUT2D eigenvalue weighted by Crippen LogP contribution is -2.54. The van der Waals surface area contributed by atoms with Crippen molar-refractivity contribution in [2.75, 3.05) is 19.3 Å². The molecule has 1 atom stereocenters. The van der Waals surface area contributed by atoms with E-state index in [1.165, 1.54) is 10.6 Å². The highest BCUT2D eigenvalue weighted by atomic mass is 32.2. The van der Waals surface area contributed by atoms with Crippen LogP contribution in [0.4, 0.5) is 0 Å². The second-order valence-electron chi connectivity index (χ2n) is 6.07. The monoisotopic (exact) mass is 312 g/mol. The Morgan fingerprint density at radius 3 is 2.57 bits per heavy atom. The lowest BCUT2D eigenvalue weighted by Gasteiger charge is -2.41. The van der Waals surface area contributed by atoms with E-state index in [4.69, 9.17) is 0 Å². The maximum atomic E-state index is 11.9.